The summed E-state index contributed by atoms with van der Waals surface area (Å²) in [4.78, 5) is 4.92. The highest BCUT2D eigenvalue weighted by Gasteiger charge is 2.48. The highest BCUT2D eigenvalue weighted by Crippen LogP contribution is 2.46. The summed E-state index contributed by atoms with van der Waals surface area (Å²) in [5.41, 5.74) is 6.40. The predicted octanol–water partition coefficient (Wildman–Crippen LogP) is 2.02. The van der Waals surface area contributed by atoms with Gasteiger partial charge < -0.3 is 10.6 Å². The molecule has 0 aromatic rings. The van der Waals surface area contributed by atoms with E-state index in [1.165, 1.54) is 12.8 Å². The molecule has 0 spiro atoms. The number of nitrogens with zero attached hydrogens (tertiary/aromatic N) is 2. The lowest BCUT2D eigenvalue weighted by Gasteiger charge is -2.57. The molecule has 0 aromatic carbocycles. The average molecular weight is 255 g/mol. The molecule has 0 saturated heterocycles. The largest absolute Gasteiger partial charge is 0.329 e. The Bertz CT molecular complexity index is 244. The van der Waals surface area contributed by atoms with Crippen molar-refractivity contribution < 1.29 is 0 Å². The van der Waals surface area contributed by atoms with E-state index in [-0.39, 0.29) is 5.54 Å². The molecule has 0 radical (unpaired) electrons. The fraction of sp³-hybridized carbons (Fsp3) is 1.00. The summed E-state index contributed by atoms with van der Waals surface area (Å²) in [7, 11) is 4.30. The van der Waals surface area contributed by atoms with Crippen molar-refractivity contribution >= 4 is 0 Å². The number of nitrogens with two attached hydrogens (primary N) is 1. The molecule has 1 unspecified atom stereocenters. The van der Waals surface area contributed by atoms with Crippen molar-refractivity contribution in [1.29, 1.82) is 0 Å². The Balaban J connectivity index is 2.68. The van der Waals surface area contributed by atoms with Crippen molar-refractivity contribution in [2.45, 2.75) is 52.1 Å². The van der Waals surface area contributed by atoms with E-state index < -0.39 is 0 Å². The summed E-state index contributed by atoms with van der Waals surface area (Å²) in [5, 5.41) is 0. The van der Waals surface area contributed by atoms with Crippen LogP contribution < -0.4 is 5.73 Å². The monoisotopic (exact) mass is 255 g/mol. The lowest BCUT2D eigenvalue weighted by Crippen LogP contribution is -2.65. The normalized spacial score (nSPS) is 30.0. The van der Waals surface area contributed by atoms with Crippen LogP contribution in [0.4, 0.5) is 0 Å². The molecule has 1 aliphatic carbocycles. The van der Waals surface area contributed by atoms with Gasteiger partial charge in [-0.05, 0) is 52.2 Å². The Kier molecular flexibility index (Phi) is 5.63. The van der Waals surface area contributed by atoms with E-state index >= 15 is 0 Å². The number of rotatable bonds is 7. The van der Waals surface area contributed by atoms with Crippen LogP contribution in [0.25, 0.3) is 0 Å². The summed E-state index contributed by atoms with van der Waals surface area (Å²) >= 11 is 0. The Morgan fingerprint density at radius 3 is 2.11 bits per heavy atom. The van der Waals surface area contributed by atoms with Crippen LogP contribution >= 0.6 is 0 Å². The van der Waals surface area contributed by atoms with Crippen molar-refractivity contribution in [3.63, 3.8) is 0 Å². The van der Waals surface area contributed by atoms with E-state index in [2.05, 4.69) is 51.6 Å². The predicted molar refractivity (Wildman–Crippen MR) is 79.7 cm³/mol. The van der Waals surface area contributed by atoms with Crippen LogP contribution in [0, 0.1) is 11.8 Å². The molecule has 1 saturated carbocycles. The molecule has 1 fully saturated rings. The fourth-order valence-electron chi connectivity index (χ4n) is 3.65. The van der Waals surface area contributed by atoms with Gasteiger partial charge in [-0.2, -0.15) is 0 Å². The lowest BCUT2D eigenvalue weighted by molar-refractivity contribution is -0.0567. The number of hydrogen-bond acceptors (Lipinski definition) is 3. The molecule has 18 heavy (non-hydrogen) atoms. The SMILES string of the molecule is CCN(C(C)CN(C)C)C1(CN)CC(C(C)C)C1. The quantitative estimate of drug-likeness (QED) is 0.755. The van der Waals surface area contributed by atoms with Gasteiger partial charge in [-0.25, -0.2) is 0 Å². The van der Waals surface area contributed by atoms with Crippen LogP contribution in [-0.2, 0) is 0 Å². The number of hydrogen-bond donors (Lipinski definition) is 1. The van der Waals surface area contributed by atoms with Gasteiger partial charge in [-0.3, -0.25) is 4.90 Å². The van der Waals surface area contributed by atoms with Gasteiger partial charge in [0.2, 0.25) is 0 Å². The van der Waals surface area contributed by atoms with Crippen LogP contribution in [0.1, 0.15) is 40.5 Å². The molecule has 0 heterocycles. The van der Waals surface area contributed by atoms with Crippen LogP contribution in [0.3, 0.4) is 0 Å². The van der Waals surface area contributed by atoms with Crippen molar-refractivity contribution in [2.24, 2.45) is 17.6 Å². The van der Waals surface area contributed by atoms with E-state index in [0.29, 0.717) is 6.04 Å². The lowest BCUT2D eigenvalue weighted by atomic mass is 9.62. The van der Waals surface area contributed by atoms with Gasteiger partial charge in [0.25, 0.3) is 0 Å². The Hall–Kier alpha value is -0.120. The zero-order valence-corrected chi connectivity index (χ0v) is 13.2. The molecule has 3 heteroatoms. The molecule has 3 nitrogen and oxygen atoms in total. The van der Waals surface area contributed by atoms with E-state index in [9.17, 15) is 0 Å². The summed E-state index contributed by atoms with van der Waals surface area (Å²) < 4.78 is 0. The van der Waals surface area contributed by atoms with Gasteiger partial charge in [0.15, 0.2) is 0 Å². The summed E-state index contributed by atoms with van der Waals surface area (Å²) in [6, 6.07) is 0.585. The van der Waals surface area contributed by atoms with E-state index in [0.717, 1.165) is 31.5 Å². The molecule has 1 atom stereocenters. The highest BCUT2D eigenvalue weighted by molar-refractivity contribution is 5.05. The molecule has 108 valence electrons. The van der Waals surface area contributed by atoms with Gasteiger partial charge in [0, 0.05) is 24.7 Å². The number of likely N-dealkylation sites (N-methyl/N-ethyl adjacent to an activating group) is 2. The molecular formula is C15H33N3. The third-order valence-electron chi connectivity index (χ3n) is 4.72. The minimum Gasteiger partial charge on any atom is -0.329 e. The second-order valence-electron chi connectivity index (χ2n) is 6.74. The fourth-order valence-corrected chi connectivity index (χ4v) is 3.65. The first-order valence-corrected chi connectivity index (χ1v) is 7.47. The summed E-state index contributed by atoms with van der Waals surface area (Å²) in [5.74, 6) is 1.67. The second-order valence-corrected chi connectivity index (χ2v) is 6.74. The van der Waals surface area contributed by atoms with E-state index in [1.54, 1.807) is 0 Å². The van der Waals surface area contributed by atoms with Crippen LogP contribution in [0.5, 0.6) is 0 Å². The van der Waals surface area contributed by atoms with Crippen LogP contribution in [0.2, 0.25) is 0 Å². The highest BCUT2D eigenvalue weighted by atomic mass is 15.3. The smallest absolute Gasteiger partial charge is 0.0340 e. The molecule has 0 aliphatic heterocycles. The first kappa shape index (κ1) is 15.9. The average Bonchev–Trinajstić information content (AvgIpc) is 2.20. The van der Waals surface area contributed by atoms with E-state index in [4.69, 9.17) is 5.73 Å². The summed E-state index contributed by atoms with van der Waals surface area (Å²) in [6.45, 7) is 12.3. The molecule has 0 bridgehead atoms. The minimum atomic E-state index is 0.277. The van der Waals surface area contributed by atoms with Crippen molar-refractivity contribution in [2.75, 3.05) is 33.7 Å². The summed E-state index contributed by atoms with van der Waals surface area (Å²) in [6.07, 6.45) is 2.57. The first-order chi connectivity index (χ1) is 8.36. The maximum absolute atomic E-state index is 6.12. The van der Waals surface area contributed by atoms with Gasteiger partial charge in [0.05, 0.1) is 0 Å². The maximum atomic E-state index is 6.12. The topological polar surface area (TPSA) is 32.5 Å². The molecule has 2 N–H and O–H groups in total. The Morgan fingerprint density at radius 1 is 1.22 bits per heavy atom. The van der Waals surface area contributed by atoms with Crippen molar-refractivity contribution in [1.82, 2.24) is 9.80 Å². The van der Waals surface area contributed by atoms with Crippen LogP contribution in [-0.4, -0.2) is 55.1 Å². The minimum absolute atomic E-state index is 0.277. The zero-order chi connectivity index (χ0) is 13.9. The molecule has 0 amide bonds. The first-order valence-electron chi connectivity index (χ1n) is 7.47. The van der Waals surface area contributed by atoms with Gasteiger partial charge in [-0.1, -0.05) is 20.8 Å². The molecule has 1 rings (SSSR count). The van der Waals surface area contributed by atoms with Crippen molar-refractivity contribution in [3.8, 4) is 0 Å². The molecular weight excluding hydrogens is 222 g/mol. The maximum Gasteiger partial charge on any atom is 0.0340 e. The molecule has 1 aliphatic rings. The van der Waals surface area contributed by atoms with Crippen molar-refractivity contribution in [3.05, 3.63) is 0 Å². The Labute approximate surface area is 114 Å². The molecule has 0 aromatic heterocycles. The standard InChI is InChI=1S/C15H33N3/c1-7-18(13(4)10-17(5)6)15(11-16)8-14(9-15)12(2)3/h12-14H,7-11,16H2,1-6H3. The third kappa shape index (κ3) is 3.25. The van der Waals surface area contributed by atoms with Crippen LogP contribution in [0.15, 0.2) is 0 Å². The second kappa shape index (κ2) is 6.36. The van der Waals surface area contributed by atoms with Gasteiger partial charge in [-0.15, -0.1) is 0 Å². The zero-order valence-electron chi connectivity index (χ0n) is 13.2. The third-order valence-corrected chi connectivity index (χ3v) is 4.72. The Morgan fingerprint density at radius 2 is 1.78 bits per heavy atom. The van der Waals surface area contributed by atoms with E-state index in [1.807, 2.05) is 0 Å². The van der Waals surface area contributed by atoms with Gasteiger partial charge in [0.1, 0.15) is 0 Å². The van der Waals surface area contributed by atoms with Gasteiger partial charge >= 0.3 is 0 Å².